The lowest BCUT2D eigenvalue weighted by atomic mass is 9.83. The highest BCUT2D eigenvalue weighted by Gasteiger charge is 2.69. The third-order valence-corrected chi connectivity index (χ3v) is 6.62. The van der Waals surface area contributed by atoms with Gasteiger partial charge in [-0.15, -0.1) is 10.2 Å². The predicted octanol–water partition coefficient (Wildman–Crippen LogP) is 2.74. The van der Waals surface area contributed by atoms with Crippen molar-refractivity contribution in [2.24, 2.45) is 0 Å². The van der Waals surface area contributed by atoms with Crippen LogP contribution in [0.5, 0.6) is 11.6 Å². The maximum atomic E-state index is 14.7. The second-order valence-electron chi connectivity index (χ2n) is 9.06. The standard InChI is InChI=1S/C22H24F2N6O3/c1-20-11-22(23,24)21(2,29-20)9-16(18(20)32-3)33-17-10-26-19(28-27-17)14-5-4-13(8-15(14)31)30-7-6-25-12-30/h4-8,10,12,16,18,29,31H,9,11H2,1-3H3/t16-,18+,20+,21+/m0/s1. The number of aromatic nitrogens is 5. The summed E-state index contributed by atoms with van der Waals surface area (Å²) in [5, 5.41) is 21.6. The zero-order chi connectivity index (χ0) is 23.4. The van der Waals surface area contributed by atoms with Crippen LogP contribution < -0.4 is 10.1 Å². The molecule has 5 rings (SSSR count). The van der Waals surface area contributed by atoms with Crippen molar-refractivity contribution in [1.82, 2.24) is 30.0 Å². The monoisotopic (exact) mass is 458 g/mol. The maximum absolute atomic E-state index is 14.7. The second kappa shape index (κ2) is 7.42. The van der Waals surface area contributed by atoms with Crippen LogP contribution in [0.2, 0.25) is 0 Å². The topological polar surface area (TPSA) is 107 Å². The molecule has 0 aliphatic carbocycles. The lowest BCUT2D eigenvalue weighted by Crippen LogP contribution is -2.67. The van der Waals surface area contributed by atoms with Crippen molar-refractivity contribution in [1.29, 1.82) is 0 Å². The molecule has 2 aliphatic heterocycles. The molecule has 3 aromatic rings. The average molecular weight is 458 g/mol. The largest absolute Gasteiger partial charge is 0.507 e. The first-order valence-electron chi connectivity index (χ1n) is 10.5. The van der Waals surface area contributed by atoms with E-state index in [0.717, 1.165) is 5.69 Å². The first-order valence-corrected chi connectivity index (χ1v) is 10.5. The van der Waals surface area contributed by atoms with E-state index in [1.54, 1.807) is 48.4 Å². The van der Waals surface area contributed by atoms with E-state index in [4.69, 9.17) is 9.47 Å². The van der Waals surface area contributed by atoms with Gasteiger partial charge in [-0.3, -0.25) is 5.32 Å². The van der Waals surface area contributed by atoms with E-state index in [1.807, 2.05) is 0 Å². The predicted molar refractivity (Wildman–Crippen MR) is 113 cm³/mol. The van der Waals surface area contributed by atoms with Gasteiger partial charge >= 0.3 is 0 Å². The van der Waals surface area contributed by atoms with Crippen molar-refractivity contribution in [3.63, 3.8) is 0 Å². The van der Waals surface area contributed by atoms with Gasteiger partial charge in [0.2, 0.25) is 0 Å². The third-order valence-electron chi connectivity index (χ3n) is 6.62. The molecule has 0 radical (unpaired) electrons. The number of halogens is 2. The molecular weight excluding hydrogens is 434 g/mol. The number of hydrogen-bond donors (Lipinski definition) is 2. The first-order chi connectivity index (χ1) is 15.6. The van der Waals surface area contributed by atoms with Gasteiger partial charge in [0.15, 0.2) is 5.82 Å². The number of methoxy groups -OCH3 is 1. The normalized spacial score (nSPS) is 30.3. The third kappa shape index (κ3) is 3.51. The van der Waals surface area contributed by atoms with Gasteiger partial charge in [0.1, 0.15) is 18.0 Å². The number of phenols is 1. The molecule has 9 nitrogen and oxygen atoms in total. The Morgan fingerprint density at radius 2 is 2.06 bits per heavy atom. The highest BCUT2D eigenvalue weighted by Crippen LogP contribution is 2.52. The molecule has 11 heteroatoms. The molecule has 2 fully saturated rings. The fourth-order valence-corrected chi connectivity index (χ4v) is 5.11. The first kappa shape index (κ1) is 21.7. The van der Waals surface area contributed by atoms with Gasteiger partial charge in [0.05, 0.1) is 34.9 Å². The van der Waals surface area contributed by atoms with Gasteiger partial charge in [0.25, 0.3) is 11.8 Å². The minimum absolute atomic E-state index is 0.0193. The van der Waals surface area contributed by atoms with Gasteiger partial charge in [-0.05, 0) is 26.0 Å². The molecule has 1 aromatic carbocycles. The van der Waals surface area contributed by atoms with Gasteiger partial charge in [0, 0.05) is 38.4 Å². The molecule has 33 heavy (non-hydrogen) atoms. The number of phenolic OH excluding ortho intramolecular Hbond substituents is 1. The van der Waals surface area contributed by atoms with E-state index in [-0.39, 0.29) is 30.3 Å². The number of fused-ring (bicyclic) bond motifs is 2. The molecule has 4 heterocycles. The Kier molecular flexibility index (Phi) is 4.87. The van der Waals surface area contributed by atoms with Crippen LogP contribution >= 0.6 is 0 Å². The Morgan fingerprint density at radius 1 is 1.24 bits per heavy atom. The lowest BCUT2D eigenvalue weighted by Gasteiger charge is -2.46. The molecule has 174 valence electrons. The molecule has 2 bridgehead atoms. The van der Waals surface area contributed by atoms with Crippen molar-refractivity contribution in [2.75, 3.05) is 7.11 Å². The van der Waals surface area contributed by atoms with Crippen LogP contribution in [0, 0.1) is 0 Å². The fraction of sp³-hybridized carbons (Fsp3) is 0.455. The molecule has 2 saturated heterocycles. The van der Waals surface area contributed by atoms with Crippen molar-refractivity contribution in [3.05, 3.63) is 43.1 Å². The van der Waals surface area contributed by atoms with Crippen LogP contribution in [-0.4, -0.2) is 66.2 Å². The van der Waals surface area contributed by atoms with Crippen molar-refractivity contribution >= 4 is 0 Å². The Bertz CT molecular complexity index is 1160. The average Bonchev–Trinajstić information content (AvgIpc) is 3.32. The molecule has 2 aromatic heterocycles. The number of hydrogen-bond acceptors (Lipinski definition) is 8. The lowest BCUT2D eigenvalue weighted by molar-refractivity contribution is -0.0966. The summed E-state index contributed by atoms with van der Waals surface area (Å²) >= 11 is 0. The van der Waals surface area contributed by atoms with Crippen LogP contribution in [0.4, 0.5) is 8.78 Å². The van der Waals surface area contributed by atoms with Gasteiger partial charge in [-0.25, -0.2) is 18.7 Å². The summed E-state index contributed by atoms with van der Waals surface area (Å²) in [6.07, 6.45) is 4.81. The van der Waals surface area contributed by atoms with Gasteiger partial charge in [-0.1, -0.05) is 0 Å². The van der Waals surface area contributed by atoms with E-state index in [0.29, 0.717) is 5.56 Å². The summed E-state index contributed by atoms with van der Waals surface area (Å²) in [5.74, 6) is -2.62. The van der Waals surface area contributed by atoms with Crippen molar-refractivity contribution in [3.8, 4) is 28.7 Å². The smallest absolute Gasteiger partial charge is 0.267 e. The highest BCUT2D eigenvalue weighted by atomic mass is 19.3. The molecule has 0 amide bonds. The van der Waals surface area contributed by atoms with Crippen LogP contribution in [0.3, 0.4) is 0 Å². The van der Waals surface area contributed by atoms with Crippen molar-refractivity contribution in [2.45, 2.75) is 55.9 Å². The Morgan fingerprint density at radius 3 is 2.70 bits per heavy atom. The summed E-state index contributed by atoms with van der Waals surface area (Å²) in [6, 6.07) is 5.04. The van der Waals surface area contributed by atoms with E-state index >= 15 is 0 Å². The number of aromatic hydroxyl groups is 1. The Balaban J connectivity index is 1.36. The number of imidazole rings is 1. The van der Waals surface area contributed by atoms with Gasteiger partial charge < -0.3 is 19.1 Å². The number of nitrogens with one attached hydrogen (secondary N) is 1. The summed E-state index contributed by atoms with van der Waals surface area (Å²) in [7, 11) is 1.48. The van der Waals surface area contributed by atoms with Gasteiger partial charge in [-0.2, -0.15) is 0 Å². The minimum Gasteiger partial charge on any atom is -0.507 e. The van der Waals surface area contributed by atoms with Crippen molar-refractivity contribution < 1.29 is 23.4 Å². The van der Waals surface area contributed by atoms with E-state index in [1.165, 1.54) is 20.2 Å². The number of rotatable bonds is 5. The quantitative estimate of drug-likeness (QED) is 0.601. The van der Waals surface area contributed by atoms with Crippen LogP contribution in [0.1, 0.15) is 26.7 Å². The summed E-state index contributed by atoms with van der Waals surface area (Å²) in [5.41, 5.74) is -1.23. The Hall–Kier alpha value is -3.18. The molecule has 0 spiro atoms. The molecule has 0 saturated carbocycles. The number of benzene rings is 1. The summed E-state index contributed by atoms with van der Waals surface area (Å²) in [6.45, 7) is 3.23. The fourth-order valence-electron chi connectivity index (χ4n) is 5.11. The van der Waals surface area contributed by atoms with E-state index in [9.17, 15) is 13.9 Å². The molecule has 2 N–H and O–H groups in total. The zero-order valence-corrected chi connectivity index (χ0v) is 18.4. The second-order valence-corrected chi connectivity index (χ2v) is 9.06. The zero-order valence-electron chi connectivity index (χ0n) is 18.4. The number of ether oxygens (including phenoxy) is 2. The van der Waals surface area contributed by atoms with E-state index in [2.05, 4.69) is 25.5 Å². The molecule has 4 atom stereocenters. The van der Waals surface area contributed by atoms with Crippen LogP contribution in [0.25, 0.3) is 17.1 Å². The SMILES string of the molecule is CO[C@@H]1[C@@H](Oc2cnc(-c3ccc(-n4ccnc4)cc3O)nn2)C[C@@]2(C)N[C@]1(C)CC2(F)F. The summed E-state index contributed by atoms with van der Waals surface area (Å²) < 4.78 is 42.7. The number of nitrogens with zero attached hydrogens (tertiary/aromatic N) is 5. The van der Waals surface area contributed by atoms with Crippen LogP contribution in [-0.2, 0) is 4.74 Å². The van der Waals surface area contributed by atoms with Crippen LogP contribution in [0.15, 0.2) is 43.1 Å². The highest BCUT2D eigenvalue weighted by molar-refractivity contribution is 5.65. The molecule has 2 aliphatic rings. The maximum Gasteiger partial charge on any atom is 0.267 e. The Labute approximate surface area is 188 Å². The molecule has 0 unspecified atom stereocenters. The number of piperidine rings is 1. The minimum atomic E-state index is -2.90. The number of alkyl halides is 2. The summed E-state index contributed by atoms with van der Waals surface area (Å²) in [4.78, 5) is 8.24. The van der Waals surface area contributed by atoms with E-state index < -0.39 is 29.2 Å². The molecular formula is C22H24F2N6O3.